The second-order valence-corrected chi connectivity index (χ2v) is 6.10. The van der Waals surface area contributed by atoms with Crippen LogP contribution in [-0.2, 0) is 0 Å². The second-order valence-electron chi connectivity index (χ2n) is 5.25. The van der Waals surface area contributed by atoms with Crippen LogP contribution in [0.4, 0.5) is 5.69 Å². The van der Waals surface area contributed by atoms with E-state index in [0.29, 0.717) is 17.1 Å². The predicted molar refractivity (Wildman–Crippen MR) is 97.2 cm³/mol. The maximum atomic E-state index is 11.2. The highest BCUT2D eigenvalue weighted by atomic mass is 79.9. The number of carbonyl (C=O) groups is 1. The average Bonchev–Trinajstić information content (AvgIpc) is 3.03. The number of benzene rings is 2. The fraction of sp³-hybridized carbons (Fsp3) is 0.0526. The van der Waals surface area contributed by atoms with E-state index < -0.39 is 5.97 Å². The molecular formula is C19H14BrNO3. The van der Waals surface area contributed by atoms with Crippen LogP contribution in [0.1, 0.15) is 21.7 Å². The minimum atomic E-state index is -0.948. The lowest BCUT2D eigenvalue weighted by Crippen LogP contribution is -1.99. The number of nitrogens with zero attached hydrogens (tertiary/aromatic N) is 1. The topological polar surface area (TPSA) is 62.8 Å². The van der Waals surface area contributed by atoms with Gasteiger partial charge < -0.3 is 9.52 Å². The van der Waals surface area contributed by atoms with Crippen molar-refractivity contribution in [2.45, 2.75) is 6.92 Å². The van der Waals surface area contributed by atoms with Crippen LogP contribution in [-0.4, -0.2) is 17.3 Å². The number of carboxylic acid groups (broad SMARTS) is 1. The van der Waals surface area contributed by atoms with Gasteiger partial charge in [0.05, 0.1) is 17.5 Å². The number of halogens is 1. The number of furan rings is 1. The van der Waals surface area contributed by atoms with Gasteiger partial charge in [-0.2, -0.15) is 0 Å². The smallest absolute Gasteiger partial charge is 0.335 e. The summed E-state index contributed by atoms with van der Waals surface area (Å²) >= 11 is 3.44. The fourth-order valence-electron chi connectivity index (χ4n) is 2.27. The highest BCUT2D eigenvalue weighted by molar-refractivity contribution is 9.10. The number of aryl methyl sites for hydroxylation is 1. The number of hydrogen-bond acceptors (Lipinski definition) is 3. The third-order valence-electron chi connectivity index (χ3n) is 3.56. The molecule has 2 aromatic carbocycles. The molecule has 1 aromatic heterocycles. The van der Waals surface area contributed by atoms with Crippen molar-refractivity contribution < 1.29 is 14.3 Å². The monoisotopic (exact) mass is 383 g/mol. The second kappa shape index (κ2) is 6.84. The minimum Gasteiger partial charge on any atom is -0.478 e. The Balaban J connectivity index is 1.87. The highest BCUT2D eigenvalue weighted by Crippen LogP contribution is 2.26. The van der Waals surface area contributed by atoms with Crippen LogP contribution < -0.4 is 0 Å². The van der Waals surface area contributed by atoms with E-state index in [1.54, 1.807) is 37.4 Å². The molecule has 3 rings (SSSR count). The summed E-state index contributed by atoms with van der Waals surface area (Å²) in [4.78, 5) is 15.6. The number of carboxylic acids is 1. The average molecular weight is 384 g/mol. The first-order valence-corrected chi connectivity index (χ1v) is 8.06. The number of rotatable bonds is 4. The van der Waals surface area contributed by atoms with Gasteiger partial charge in [0, 0.05) is 10.0 Å². The summed E-state index contributed by atoms with van der Waals surface area (Å²) in [5.74, 6) is 0.251. The summed E-state index contributed by atoms with van der Waals surface area (Å²) in [5.41, 5.74) is 2.51. The molecule has 0 radical (unpaired) electrons. The summed E-state index contributed by atoms with van der Waals surface area (Å²) in [6, 6.07) is 16.5. The van der Waals surface area contributed by atoms with Crippen LogP contribution in [0.3, 0.4) is 0 Å². The summed E-state index contributed by atoms with van der Waals surface area (Å²) in [7, 11) is 0. The molecule has 0 aliphatic heterocycles. The van der Waals surface area contributed by atoms with Gasteiger partial charge in [-0.1, -0.05) is 24.3 Å². The van der Waals surface area contributed by atoms with Gasteiger partial charge >= 0.3 is 5.97 Å². The first kappa shape index (κ1) is 16.2. The van der Waals surface area contributed by atoms with Gasteiger partial charge in [0.15, 0.2) is 0 Å². The molecule has 1 N–H and O–H groups in total. The quantitative estimate of drug-likeness (QED) is 0.607. The fourth-order valence-corrected chi connectivity index (χ4v) is 2.66. The Morgan fingerprint density at radius 1 is 1.17 bits per heavy atom. The molecule has 0 fully saturated rings. The first-order valence-electron chi connectivity index (χ1n) is 7.27. The number of hydrogen-bond donors (Lipinski definition) is 1. The maximum Gasteiger partial charge on any atom is 0.335 e. The zero-order valence-corrected chi connectivity index (χ0v) is 14.4. The van der Waals surface area contributed by atoms with Gasteiger partial charge in [0.25, 0.3) is 0 Å². The van der Waals surface area contributed by atoms with Gasteiger partial charge in [0.2, 0.25) is 0 Å². The molecule has 0 bridgehead atoms. The molecule has 0 aliphatic carbocycles. The van der Waals surface area contributed by atoms with E-state index in [2.05, 4.69) is 20.9 Å². The normalized spacial score (nSPS) is 11.1. The van der Waals surface area contributed by atoms with E-state index in [9.17, 15) is 9.90 Å². The molecule has 0 atom stereocenters. The molecule has 0 saturated heterocycles. The van der Waals surface area contributed by atoms with E-state index in [0.717, 1.165) is 15.7 Å². The Kier molecular flexibility index (Phi) is 4.62. The van der Waals surface area contributed by atoms with E-state index in [-0.39, 0.29) is 5.56 Å². The van der Waals surface area contributed by atoms with Crippen molar-refractivity contribution in [1.82, 2.24) is 0 Å². The number of aliphatic imine (C=N–C) groups is 1. The lowest BCUT2D eigenvalue weighted by atomic mass is 10.0. The molecule has 0 amide bonds. The molecule has 3 aromatic rings. The minimum absolute atomic E-state index is 0.271. The highest BCUT2D eigenvalue weighted by Gasteiger charge is 2.11. The van der Waals surface area contributed by atoms with Gasteiger partial charge in [-0.15, -0.1) is 0 Å². The molecule has 0 spiro atoms. The van der Waals surface area contributed by atoms with Crippen molar-refractivity contribution in [2.75, 3.05) is 0 Å². The van der Waals surface area contributed by atoms with E-state index in [1.165, 1.54) is 0 Å². The van der Waals surface area contributed by atoms with E-state index >= 15 is 0 Å². The van der Waals surface area contributed by atoms with Crippen LogP contribution in [0.2, 0.25) is 0 Å². The largest absolute Gasteiger partial charge is 0.478 e. The van der Waals surface area contributed by atoms with Gasteiger partial charge in [0.1, 0.15) is 11.5 Å². The van der Waals surface area contributed by atoms with Crippen molar-refractivity contribution >= 4 is 33.8 Å². The number of aromatic carboxylic acids is 1. The molecule has 24 heavy (non-hydrogen) atoms. The Hall–Kier alpha value is -2.66. The van der Waals surface area contributed by atoms with Crippen molar-refractivity contribution in [3.8, 4) is 11.3 Å². The van der Waals surface area contributed by atoms with Gasteiger partial charge in [-0.3, -0.25) is 4.99 Å². The SMILES string of the molecule is Cc1ccc(-c2ccc(C=Nc3ccccc3Br)o2)cc1C(=O)O. The molecule has 0 unspecified atom stereocenters. The molecular weight excluding hydrogens is 370 g/mol. The summed E-state index contributed by atoms with van der Waals surface area (Å²) in [5, 5.41) is 9.22. The van der Waals surface area contributed by atoms with Crippen molar-refractivity contribution in [3.05, 3.63) is 76.0 Å². The Morgan fingerprint density at radius 2 is 1.96 bits per heavy atom. The summed E-state index contributed by atoms with van der Waals surface area (Å²) in [6.07, 6.45) is 1.63. The van der Waals surface area contributed by atoms with Crippen LogP contribution in [0.25, 0.3) is 11.3 Å². The van der Waals surface area contributed by atoms with Crippen molar-refractivity contribution in [1.29, 1.82) is 0 Å². The third-order valence-corrected chi connectivity index (χ3v) is 4.23. The van der Waals surface area contributed by atoms with Crippen molar-refractivity contribution in [2.24, 2.45) is 4.99 Å². The van der Waals surface area contributed by atoms with E-state index in [4.69, 9.17) is 4.42 Å². The third kappa shape index (κ3) is 3.46. The van der Waals surface area contributed by atoms with Crippen LogP contribution in [0, 0.1) is 6.92 Å². The summed E-state index contributed by atoms with van der Waals surface area (Å²) in [6.45, 7) is 1.77. The molecule has 4 nitrogen and oxygen atoms in total. The van der Waals surface area contributed by atoms with Crippen LogP contribution in [0.15, 0.2) is 68.5 Å². The van der Waals surface area contributed by atoms with Crippen LogP contribution >= 0.6 is 15.9 Å². The standard InChI is InChI=1S/C19H14BrNO3/c1-12-6-7-13(10-15(12)19(22)23)18-9-8-14(24-18)11-21-17-5-3-2-4-16(17)20/h2-11H,1H3,(H,22,23). The lowest BCUT2D eigenvalue weighted by molar-refractivity contribution is 0.0696. The lowest BCUT2D eigenvalue weighted by Gasteiger charge is -2.03. The maximum absolute atomic E-state index is 11.2. The Morgan fingerprint density at radius 3 is 2.71 bits per heavy atom. The molecule has 1 heterocycles. The number of para-hydroxylation sites is 1. The summed E-state index contributed by atoms with van der Waals surface area (Å²) < 4.78 is 6.65. The van der Waals surface area contributed by atoms with E-state index in [1.807, 2.05) is 30.3 Å². The Bertz CT molecular complexity index is 928. The zero-order chi connectivity index (χ0) is 17.1. The molecule has 120 valence electrons. The Labute approximate surface area is 147 Å². The predicted octanol–water partition coefficient (Wildman–Crippen LogP) is 5.47. The molecule has 5 heteroatoms. The first-order chi connectivity index (χ1) is 11.5. The van der Waals surface area contributed by atoms with Crippen LogP contribution in [0.5, 0.6) is 0 Å². The van der Waals surface area contributed by atoms with Crippen molar-refractivity contribution in [3.63, 3.8) is 0 Å². The van der Waals surface area contributed by atoms with Gasteiger partial charge in [-0.25, -0.2) is 4.79 Å². The molecule has 0 saturated carbocycles. The van der Waals surface area contributed by atoms with Gasteiger partial charge in [-0.05, 0) is 58.7 Å². The zero-order valence-electron chi connectivity index (χ0n) is 12.9. The molecule has 0 aliphatic rings.